The molecule has 1 saturated heterocycles. The Morgan fingerprint density at radius 3 is 2.50 bits per heavy atom. The average molecular weight is 599 g/mol. The molecule has 8 nitrogen and oxygen atoms in total. The lowest BCUT2D eigenvalue weighted by atomic mass is 10.0. The molecule has 1 fully saturated rings. The first kappa shape index (κ1) is 29.3. The molecule has 1 aliphatic heterocycles. The second-order valence-electron chi connectivity index (χ2n) is 9.65. The first-order valence-electron chi connectivity index (χ1n) is 12.9. The number of rotatable bonds is 9. The van der Waals surface area contributed by atoms with Crippen LogP contribution in [0.1, 0.15) is 30.9 Å². The highest BCUT2D eigenvalue weighted by atomic mass is 32.2. The molecule has 1 aliphatic rings. The van der Waals surface area contributed by atoms with Crippen LogP contribution in [0.5, 0.6) is 5.75 Å². The average Bonchev–Trinajstić information content (AvgIpc) is 3.58. The minimum atomic E-state index is -4.75. The van der Waals surface area contributed by atoms with Gasteiger partial charge in [0.05, 0.1) is 23.8 Å². The van der Waals surface area contributed by atoms with Crippen molar-refractivity contribution in [3.63, 3.8) is 0 Å². The second-order valence-corrected chi connectivity index (χ2v) is 10.6. The lowest BCUT2D eigenvalue weighted by molar-refractivity contribution is -0.274. The van der Waals surface area contributed by atoms with Gasteiger partial charge in [0.15, 0.2) is 11.0 Å². The van der Waals surface area contributed by atoms with Crippen molar-refractivity contribution in [2.45, 2.75) is 32.7 Å². The van der Waals surface area contributed by atoms with Gasteiger partial charge in [-0.05, 0) is 59.5 Å². The molecule has 0 unspecified atom stereocenters. The highest BCUT2D eigenvalue weighted by molar-refractivity contribution is 8.15. The van der Waals surface area contributed by atoms with Crippen LogP contribution in [0.25, 0.3) is 17.1 Å². The molecule has 0 bridgehead atoms. The predicted molar refractivity (Wildman–Crippen MR) is 153 cm³/mol. The Bertz CT molecular complexity index is 1590. The summed E-state index contributed by atoms with van der Waals surface area (Å²) in [5, 5.41) is 8.24. The summed E-state index contributed by atoms with van der Waals surface area (Å²) in [7, 11) is 0. The number of nitrogens with zero attached hydrogens (tertiary/aromatic N) is 5. The molecule has 1 aromatic heterocycles. The Kier molecular flexibility index (Phi) is 8.59. The van der Waals surface area contributed by atoms with E-state index in [0.717, 1.165) is 16.7 Å². The Labute approximate surface area is 243 Å². The van der Waals surface area contributed by atoms with Gasteiger partial charge in [0.2, 0.25) is 5.91 Å². The fourth-order valence-corrected chi connectivity index (χ4v) is 5.19. The number of ether oxygens (including phenoxy) is 1. The number of anilines is 1. The summed E-state index contributed by atoms with van der Waals surface area (Å²) in [4.78, 5) is 23.1. The molecule has 1 amide bonds. The number of alkyl halides is 3. The highest BCUT2D eigenvalue weighted by Crippen LogP contribution is 2.34. The van der Waals surface area contributed by atoms with Crippen LogP contribution in [0, 0.1) is 5.82 Å². The maximum atomic E-state index is 13.9. The predicted octanol–water partition coefficient (Wildman–Crippen LogP) is 6.28. The van der Waals surface area contributed by atoms with Crippen LogP contribution >= 0.6 is 11.8 Å². The first-order valence-corrected chi connectivity index (χ1v) is 13.9. The number of hydrogen-bond acceptors (Lipinski definition) is 7. The normalized spacial score (nSPS) is 14.8. The fourth-order valence-electron chi connectivity index (χ4n) is 4.32. The van der Waals surface area contributed by atoms with Crippen molar-refractivity contribution in [1.82, 2.24) is 20.1 Å². The number of amides is 1. The number of benzene rings is 3. The Morgan fingerprint density at radius 2 is 1.81 bits per heavy atom. The molecule has 0 radical (unpaired) electrons. The quantitative estimate of drug-likeness (QED) is 0.180. The summed E-state index contributed by atoms with van der Waals surface area (Å²) in [6.07, 6.45) is -3.27. The third-order valence-corrected chi connectivity index (χ3v) is 7.27. The van der Waals surface area contributed by atoms with Gasteiger partial charge in [-0.15, -0.1) is 18.3 Å². The van der Waals surface area contributed by atoms with Gasteiger partial charge in [0.1, 0.15) is 17.9 Å². The molecular weight excluding hydrogens is 572 g/mol. The molecule has 3 aromatic carbocycles. The van der Waals surface area contributed by atoms with Crippen molar-refractivity contribution in [3.05, 3.63) is 90.0 Å². The van der Waals surface area contributed by atoms with Crippen molar-refractivity contribution in [2.24, 2.45) is 4.99 Å². The number of hydrogen-bond donors (Lipinski definition) is 1. The van der Waals surface area contributed by atoms with Crippen molar-refractivity contribution in [3.8, 4) is 22.8 Å². The van der Waals surface area contributed by atoms with E-state index in [-0.39, 0.29) is 35.8 Å². The van der Waals surface area contributed by atoms with E-state index >= 15 is 0 Å². The molecule has 5 rings (SSSR count). The van der Waals surface area contributed by atoms with Gasteiger partial charge in [-0.25, -0.2) is 19.0 Å². The number of aliphatic imine (C=N–C) groups is 1. The van der Waals surface area contributed by atoms with Crippen molar-refractivity contribution in [1.29, 1.82) is 0 Å². The van der Waals surface area contributed by atoms with E-state index in [1.165, 1.54) is 59.2 Å². The third-order valence-electron chi connectivity index (χ3n) is 6.31. The Morgan fingerprint density at radius 1 is 1.07 bits per heavy atom. The number of halogens is 4. The standard InChI is InChI=1S/C29H26F4N6O2S/c1-18(2)24-13-21(30)7-12-25(24)39-26(40)15-42-28(39)35-16-34-14-19-3-5-20(6-4-19)27-36-17-38(37-27)22-8-10-23(11-9-22)41-29(31,32)33/h3-13,17-18,34H,14-16H2,1-2H3/b35-28-. The molecule has 42 heavy (non-hydrogen) atoms. The van der Waals surface area contributed by atoms with Gasteiger partial charge < -0.3 is 4.74 Å². The van der Waals surface area contributed by atoms with E-state index in [9.17, 15) is 22.4 Å². The monoisotopic (exact) mass is 598 g/mol. The van der Waals surface area contributed by atoms with Crippen molar-refractivity contribution >= 4 is 28.5 Å². The number of carbonyl (C=O) groups is 1. The number of aromatic nitrogens is 3. The van der Waals surface area contributed by atoms with Gasteiger partial charge in [0, 0.05) is 12.1 Å². The third kappa shape index (κ3) is 6.97. The van der Waals surface area contributed by atoms with Crippen LogP contribution in [-0.4, -0.2) is 44.6 Å². The van der Waals surface area contributed by atoms with Crippen LogP contribution < -0.4 is 15.0 Å². The molecule has 2 heterocycles. The SMILES string of the molecule is CC(C)c1cc(F)ccc1N1C(=O)CS/C1=N\CNCc1ccc(-c2ncn(-c3ccc(OC(F)(F)F)cc3)n2)cc1. The van der Waals surface area contributed by atoms with E-state index in [1.807, 2.05) is 38.1 Å². The van der Waals surface area contributed by atoms with E-state index < -0.39 is 6.36 Å². The van der Waals surface area contributed by atoms with Gasteiger partial charge in [-0.1, -0.05) is 49.9 Å². The van der Waals surface area contributed by atoms with E-state index in [0.29, 0.717) is 28.9 Å². The first-order chi connectivity index (χ1) is 20.1. The minimum Gasteiger partial charge on any atom is -0.406 e. The number of thioether (sulfide) groups is 1. The summed E-state index contributed by atoms with van der Waals surface area (Å²) in [6, 6.07) is 17.4. The molecule has 4 aromatic rings. The fraction of sp³-hybridized carbons (Fsp3) is 0.241. The lowest BCUT2D eigenvalue weighted by Crippen LogP contribution is -2.31. The maximum absolute atomic E-state index is 13.9. The zero-order chi connectivity index (χ0) is 29.9. The summed E-state index contributed by atoms with van der Waals surface area (Å²) < 4.78 is 56.4. The summed E-state index contributed by atoms with van der Waals surface area (Å²) >= 11 is 1.35. The maximum Gasteiger partial charge on any atom is 0.573 e. The highest BCUT2D eigenvalue weighted by Gasteiger charge is 2.32. The van der Waals surface area contributed by atoms with Gasteiger partial charge in [-0.2, -0.15) is 0 Å². The van der Waals surface area contributed by atoms with Crippen LogP contribution in [0.15, 0.2) is 78.0 Å². The second kappa shape index (κ2) is 12.3. The summed E-state index contributed by atoms with van der Waals surface area (Å²) in [5.41, 5.74) is 3.70. The summed E-state index contributed by atoms with van der Waals surface area (Å²) in [5.74, 6) is 0.0195. The number of nitrogens with one attached hydrogen (secondary N) is 1. The zero-order valence-electron chi connectivity index (χ0n) is 22.6. The Hall–Kier alpha value is -4.23. The molecule has 13 heteroatoms. The molecular formula is C29H26F4N6O2S. The van der Waals surface area contributed by atoms with Crippen molar-refractivity contribution in [2.75, 3.05) is 17.3 Å². The smallest absolute Gasteiger partial charge is 0.406 e. The number of carbonyl (C=O) groups excluding carboxylic acids is 1. The molecule has 1 N–H and O–H groups in total. The minimum absolute atomic E-state index is 0.0358. The number of amidine groups is 1. The van der Waals surface area contributed by atoms with Crippen LogP contribution in [-0.2, 0) is 11.3 Å². The largest absolute Gasteiger partial charge is 0.573 e. The van der Waals surface area contributed by atoms with Gasteiger partial charge in [0.25, 0.3) is 0 Å². The van der Waals surface area contributed by atoms with E-state index in [4.69, 9.17) is 0 Å². The molecule has 0 spiro atoms. The van der Waals surface area contributed by atoms with Crippen molar-refractivity contribution < 1.29 is 27.1 Å². The van der Waals surface area contributed by atoms with Crippen LogP contribution in [0.4, 0.5) is 23.2 Å². The zero-order valence-corrected chi connectivity index (χ0v) is 23.4. The molecule has 0 saturated carbocycles. The molecule has 218 valence electrons. The van der Waals surface area contributed by atoms with Crippen LogP contribution in [0.3, 0.4) is 0 Å². The topological polar surface area (TPSA) is 84.6 Å². The molecule has 0 atom stereocenters. The van der Waals surface area contributed by atoms with Gasteiger partial charge in [-0.3, -0.25) is 15.0 Å². The lowest BCUT2D eigenvalue weighted by Gasteiger charge is -2.21. The van der Waals surface area contributed by atoms with E-state index in [2.05, 4.69) is 25.1 Å². The molecule has 0 aliphatic carbocycles. The van der Waals surface area contributed by atoms with Gasteiger partial charge >= 0.3 is 6.36 Å². The summed E-state index contributed by atoms with van der Waals surface area (Å²) in [6.45, 7) is 4.72. The van der Waals surface area contributed by atoms with E-state index in [1.54, 1.807) is 11.0 Å². The Balaban J connectivity index is 1.18. The van der Waals surface area contributed by atoms with Crippen LogP contribution in [0.2, 0.25) is 0 Å².